The predicted octanol–water partition coefficient (Wildman–Crippen LogP) is 6.31. The lowest BCUT2D eigenvalue weighted by atomic mass is 9.92. The Kier molecular flexibility index (Phi) is 6.29. The molecular weight excluding hydrogens is 399 g/mol. The van der Waals surface area contributed by atoms with Crippen molar-refractivity contribution < 1.29 is 13.6 Å². The van der Waals surface area contributed by atoms with Crippen LogP contribution in [0.2, 0.25) is 0 Å². The number of aliphatic imine (C=N–C) groups is 1. The van der Waals surface area contributed by atoms with E-state index in [9.17, 15) is 18.7 Å². The van der Waals surface area contributed by atoms with Gasteiger partial charge in [0.1, 0.15) is 0 Å². The summed E-state index contributed by atoms with van der Waals surface area (Å²) >= 11 is 0. The second-order valence-electron chi connectivity index (χ2n) is 7.72. The van der Waals surface area contributed by atoms with Crippen LogP contribution in [0.4, 0.5) is 14.3 Å². The maximum Gasteiger partial charge on any atom is 0.677 e. The quantitative estimate of drug-likeness (QED) is 0.309. The summed E-state index contributed by atoms with van der Waals surface area (Å²) in [7, 11) is -2.72. The molecule has 0 N–H and O–H groups in total. The Morgan fingerprint density at radius 2 is 1.71 bits per heavy atom. The van der Waals surface area contributed by atoms with Gasteiger partial charge < -0.3 is 4.48 Å². The molecule has 0 atom stereocenters. The first kappa shape index (κ1) is 22.7. The van der Waals surface area contributed by atoms with Crippen LogP contribution in [0.3, 0.4) is 0 Å². The lowest BCUT2D eigenvalue weighted by Gasteiger charge is -2.16. The molecule has 0 saturated heterocycles. The number of aromatic nitrogens is 1. The van der Waals surface area contributed by atoms with Gasteiger partial charge in [0.25, 0.3) is 5.69 Å². The van der Waals surface area contributed by atoms with E-state index in [1.807, 2.05) is 34.6 Å². The molecule has 162 valence electrons. The highest BCUT2D eigenvalue weighted by molar-refractivity contribution is 6.41. The van der Waals surface area contributed by atoms with Gasteiger partial charge in [-0.15, -0.1) is 0 Å². The topological polar surface area (TPSA) is 60.4 Å². The first-order valence-electron chi connectivity index (χ1n) is 10.4. The maximum absolute atomic E-state index is 14.3. The summed E-state index contributed by atoms with van der Waals surface area (Å²) < 4.78 is 29.6. The van der Waals surface area contributed by atoms with Crippen molar-refractivity contribution in [2.45, 2.75) is 54.4 Å². The lowest BCUT2D eigenvalue weighted by molar-refractivity contribution is -0.384. The third-order valence-corrected chi connectivity index (χ3v) is 6.11. The van der Waals surface area contributed by atoms with Crippen LogP contribution in [0.15, 0.2) is 46.1 Å². The molecule has 0 radical (unpaired) electrons. The number of nitro groups is 1. The number of benzene rings is 1. The minimum Gasteiger partial charge on any atom is -0.329 e. The summed E-state index contributed by atoms with van der Waals surface area (Å²) in [4.78, 5) is 15.4. The molecule has 1 aliphatic heterocycles. The highest BCUT2D eigenvalue weighted by Gasteiger charge is 2.32. The van der Waals surface area contributed by atoms with Crippen LogP contribution in [-0.4, -0.2) is 22.5 Å². The number of hydrogen-bond acceptors (Lipinski definition) is 3. The van der Waals surface area contributed by atoms with E-state index in [0.717, 1.165) is 38.9 Å². The molecule has 0 bridgehead atoms. The zero-order valence-corrected chi connectivity index (χ0v) is 18.7. The van der Waals surface area contributed by atoms with Crippen LogP contribution in [0, 0.1) is 24.0 Å². The van der Waals surface area contributed by atoms with Gasteiger partial charge in [0.15, 0.2) is 0 Å². The van der Waals surface area contributed by atoms with Gasteiger partial charge in [-0.2, -0.15) is 0 Å². The molecule has 1 aromatic carbocycles. The average Bonchev–Trinajstić information content (AvgIpc) is 3.14. The van der Waals surface area contributed by atoms with Crippen LogP contribution in [0.25, 0.3) is 5.57 Å². The van der Waals surface area contributed by atoms with Crippen molar-refractivity contribution in [3.8, 4) is 0 Å². The molecule has 3 rings (SSSR count). The third-order valence-electron chi connectivity index (χ3n) is 6.11. The standard InChI is InChI=1S/C23H26BF2N3O2/c1-7-19-13(3)22(27-15(19)5)21(17-9-11-18(12-10-17)29(30)31)23-14(4)20(8-2)16(6)28(23)24(25)26/h9-12H,7-8H2,1-6H3/b22-21-. The van der Waals surface area contributed by atoms with E-state index in [4.69, 9.17) is 4.99 Å². The number of rotatable bonds is 6. The van der Waals surface area contributed by atoms with Crippen molar-refractivity contribution in [2.75, 3.05) is 0 Å². The summed E-state index contributed by atoms with van der Waals surface area (Å²) in [6.07, 6.45) is 1.41. The predicted molar refractivity (Wildman–Crippen MR) is 122 cm³/mol. The molecule has 0 spiro atoms. The number of hydrogen-bond donors (Lipinski definition) is 0. The van der Waals surface area contributed by atoms with Crippen molar-refractivity contribution in [3.05, 3.63) is 79.3 Å². The highest BCUT2D eigenvalue weighted by atomic mass is 19.2. The number of halogens is 2. The summed E-state index contributed by atoms with van der Waals surface area (Å²) in [6, 6.07) is 6.04. The van der Waals surface area contributed by atoms with Crippen molar-refractivity contribution in [1.29, 1.82) is 0 Å². The number of nitro benzene ring substituents is 1. The monoisotopic (exact) mass is 425 g/mol. The molecule has 0 aliphatic carbocycles. The molecule has 0 saturated carbocycles. The van der Waals surface area contributed by atoms with E-state index >= 15 is 0 Å². The second kappa shape index (κ2) is 8.61. The van der Waals surface area contributed by atoms with Crippen LogP contribution in [0.1, 0.15) is 62.2 Å². The zero-order valence-electron chi connectivity index (χ0n) is 18.7. The van der Waals surface area contributed by atoms with E-state index in [-0.39, 0.29) is 5.69 Å². The number of non-ortho nitro benzene ring substituents is 1. The minimum atomic E-state index is -2.72. The van der Waals surface area contributed by atoms with Gasteiger partial charge in [0.2, 0.25) is 0 Å². The van der Waals surface area contributed by atoms with Crippen LogP contribution in [0.5, 0.6) is 0 Å². The van der Waals surface area contributed by atoms with Crippen LogP contribution >= 0.6 is 0 Å². The third kappa shape index (κ3) is 3.75. The Morgan fingerprint density at radius 3 is 2.16 bits per heavy atom. The van der Waals surface area contributed by atoms with Crippen molar-refractivity contribution in [2.24, 2.45) is 4.99 Å². The Morgan fingerprint density at radius 1 is 1.10 bits per heavy atom. The largest absolute Gasteiger partial charge is 0.677 e. The smallest absolute Gasteiger partial charge is 0.329 e. The van der Waals surface area contributed by atoms with Crippen LogP contribution < -0.4 is 0 Å². The van der Waals surface area contributed by atoms with Crippen molar-refractivity contribution in [1.82, 2.24) is 4.48 Å². The van der Waals surface area contributed by atoms with Crippen molar-refractivity contribution >= 4 is 24.4 Å². The van der Waals surface area contributed by atoms with E-state index < -0.39 is 12.3 Å². The van der Waals surface area contributed by atoms with Gasteiger partial charge in [0.05, 0.1) is 10.6 Å². The fraction of sp³-hybridized carbons (Fsp3) is 0.348. The molecule has 1 aliphatic rings. The van der Waals surface area contributed by atoms with Gasteiger partial charge >= 0.3 is 7.40 Å². The highest BCUT2D eigenvalue weighted by Crippen LogP contribution is 2.40. The fourth-order valence-electron chi connectivity index (χ4n) is 4.61. The molecule has 2 aromatic rings. The van der Waals surface area contributed by atoms with Gasteiger partial charge in [-0.1, -0.05) is 13.8 Å². The Labute approximate surface area is 181 Å². The van der Waals surface area contributed by atoms with Crippen LogP contribution in [-0.2, 0) is 6.42 Å². The summed E-state index contributed by atoms with van der Waals surface area (Å²) in [5, 5.41) is 11.1. The van der Waals surface area contributed by atoms with Crippen molar-refractivity contribution in [3.63, 3.8) is 0 Å². The molecule has 31 heavy (non-hydrogen) atoms. The molecule has 0 fully saturated rings. The fourth-order valence-corrected chi connectivity index (χ4v) is 4.61. The Hall–Kier alpha value is -3.03. The number of allylic oxidation sites excluding steroid dienone is 2. The molecule has 5 nitrogen and oxygen atoms in total. The van der Waals surface area contributed by atoms with Gasteiger partial charge in [-0.3, -0.25) is 23.7 Å². The van der Waals surface area contributed by atoms with E-state index in [1.165, 1.54) is 12.1 Å². The average molecular weight is 425 g/mol. The maximum atomic E-state index is 14.3. The first-order chi connectivity index (χ1) is 14.6. The summed E-state index contributed by atoms with van der Waals surface area (Å²) in [5.74, 6) is 0. The van der Waals surface area contributed by atoms with E-state index in [2.05, 4.69) is 0 Å². The molecule has 0 unspecified atom stereocenters. The Balaban J connectivity index is 2.45. The minimum absolute atomic E-state index is 0.0490. The summed E-state index contributed by atoms with van der Waals surface area (Å²) in [6.45, 7) is 11.4. The zero-order chi connectivity index (χ0) is 23.0. The summed E-state index contributed by atoms with van der Waals surface area (Å²) in [5.41, 5.74) is 7.32. The van der Waals surface area contributed by atoms with Gasteiger partial charge in [-0.05, 0) is 80.5 Å². The molecule has 8 heteroatoms. The van der Waals surface area contributed by atoms with Gasteiger partial charge in [-0.25, -0.2) is 0 Å². The SMILES string of the molecule is CCC1=C(C)/C(=C(\c2ccc([N+](=O)[O-])cc2)c2c(C)c(CC)c(C)n2B(F)F)N=C1C. The Bertz CT molecular complexity index is 1140. The normalized spacial score (nSPS) is 15.4. The van der Waals surface area contributed by atoms with Gasteiger partial charge in [0, 0.05) is 34.8 Å². The molecular formula is C23H26BF2N3O2. The molecule has 1 aromatic heterocycles. The lowest BCUT2D eigenvalue weighted by Crippen LogP contribution is -2.18. The van der Waals surface area contributed by atoms with E-state index in [0.29, 0.717) is 34.6 Å². The second-order valence-corrected chi connectivity index (χ2v) is 7.72. The first-order valence-corrected chi connectivity index (χ1v) is 10.4. The molecule has 2 heterocycles. The molecule has 0 amide bonds. The van der Waals surface area contributed by atoms with E-state index in [1.54, 1.807) is 19.1 Å². The number of nitrogens with zero attached hydrogens (tertiary/aromatic N) is 3.